The molecule has 0 aromatic heterocycles. The van der Waals surface area contributed by atoms with E-state index in [1.165, 1.54) is 17.0 Å². The summed E-state index contributed by atoms with van der Waals surface area (Å²) in [5.74, 6) is -1.19. The van der Waals surface area contributed by atoms with Crippen molar-refractivity contribution in [3.05, 3.63) is 34.1 Å². The maximum Gasteiger partial charge on any atom is 0.255 e. The zero-order chi connectivity index (χ0) is 14.2. The van der Waals surface area contributed by atoms with Gasteiger partial charge in [0.2, 0.25) is 5.91 Å². The van der Waals surface area contributed by atoms with Crippen molar-refractivity contribution in [1.29, 1.82) is 0 Å². The van der Waals surface area contributed by atoms with Crippen LogP contribution in [-0.2, 0) is 4.79 Å². The average molecular weight is 329 g/mol. The van der Waals surface area contributed by atoms with Gasteiger partial charge in [-0.25, -0.2) is 4.39 Å². The molecule has 4 nitrogen and oxygen atoms in total. The van der Waals surface area contributed by atoms with E-state index in [0.717, 1.165) is 0 Å². The first-order chi connectivity index (χ1) is 8.85. The number of hydrogen-bond donors (Lipinski definition) is 1. The first-order valence-electron chi connectivity index (χ1n) is 5.88. The molecular formula is C13H14BrFN2O2. The van der Waals surface area contributed by atoms with E-state index in [0.29, 0.717) is 13.0 Å². The molecule has 19 heavy (non-hydrogen) atoms. The number of carbonyl (C=O) groups is 2. The number of hydrogen-bond acceptors (Lipinski definition) is 2. The first-order valence-corrected chi connectivity index (χ1v) is 6.68. The Kier molecular flexibility index (Phi) is 3.62. The van der Waals surface area contributed by atoms with Crippen LogP contribution >= 0.6 is 15.9 Å². The smallest absolute Gasteiger partial charge is 0.255 e. The Morgan fingerprint density at radius 3 is 2.74 bits per heavy atom. The van der Waals surface area contributed by atoms with E-state index in [-0.39, 0.29) is 22.5 Å². The van der Waals surface area contributed by atoms with Gasteiger partial charge >= 0.3 is 0 Å². The molecule has 1 unspecified atom stereocenters. The lowest BCUT2D eigenvalue weighted by atomic mass is 9.89. The largest absolute Gasteiger partial charge is 0.369 e. The fourth-order valence-electron chi connectivity index (χ4n) is 2.17. The van der Waals surface area contributed by atoms with E-state index in [2.05, 4.69) is 15.9 Å². The van der Waals surface area contributed by atoms with Gasteiger partial charge in [-0.15, -0.1) is 0 Å². The second-order valence-corrected chi connectivity index (χ2v) is 5.80. The lowest BCUT2D eigenvalue weighted by Gasteiger charge is -2.21. The summed E-state index contributed by atoms with van der Waals surface area (Å²) in [4.78, 5) is 25.2. The summed E-state index contributed by atoms with van der Waals surface area (Å²) in [5, 5.41) is 0. The number of nitrogens with two attached hydrogens (primary N) is 1. The normalized spacial score (nSPS) is 22.6. The third-order valence-electron chi connectivity index (χ3n) is 3.54. The summed E-state index contributed by atoms with van der Waals surface area (Å²) in [6.45, 7) is 2.45. The fourth-order valence-corrected chi connectivity index (χ4v) is 2.61. The Hall–Kier alpha value is -1.43. The highest BCUT2D eigenvalue weighted by molar-refractivity contribution is 9.10. The van der Waals surface area contributed by atoms with Crippen molar-refractivity contribution in [1.82, 2.24) is 4.90 Å². The zero-order valence-electron chi connectivity index (χ0n) is 10.5. The van der Waals surface area contributed by atoms with Crippen molar-refractivity contribution in [2.75, 3.05) is 13.1 Å². The molecule has 1 heterocycles. The number of benzene rings is 1. The van der Waals surface area contributed by atoms with Gasteiger partial charge in [0.15, 0.2) is 0 Å². The maximum atomic E-state index is 13.4. The lowest BCUT2D eigenvalue weighted by molar-refractivity contribution is -0.126. The second-order valence-electron chi connectivity index (χ2n) is 5.00. The summed E-state index contributed by atoms with van der Waals surface area (Å²) in [6, 6.07) is 4.31. The Bertz CT molecular complexity index is 549. The molecule has 0 saturated carbocycles. The molecular weight excluding hydrogens is 315 g/mol. The van der Waals surface area contributed by atoms with Crippen LogP contribution in [0.15, 0.2) is 22.7 Å². The molecule has 1 aliphatic rings. The van der Waals surface area contributed by atoms with Gasteiger partial charge in [0.05, 0.1) is 15.5 Å². The van der Waals surface area contributed by atoms with Crippen LogP contribution < -0.4 is 5.73 Å². The van der Waals surface area contributed by atoms with Gasteiger partial charge in [0, 0.05) is 13.1 Å². The molecule has 1 aromatic rings. The number of halogens is 2. The van der Waals surface area contributed by atoms with Crippen LogP contribution in [0.1, 0.15) is 23.7 Å². The third-order valence-corrected chi connectivity index (χ3v) is 4.34. The van der Waals surface area contributed by atoms with Crippen LogP contribution in [-0.4, -0.2) is 29.8 Å². The molecule has 2 rings (SSSR count). The van der Waals surface area contributed by atoms with Crippen LogP contribution in [0, 0.1) is 11.2 Å². The molecule has 0 radical (unpaired) electrons. The van der Waals surface area contributed by atoms with Gasteiger partial charge in [-0.05, 0) is 41.4 Å². The highest BCUT2D eigenvalue weighted by Crippen LogP contribution is 2.31. The highest BCUT2D eigenvalue weighted by Gasteiger charge is 2.41. The second kappa shape index (κ2) is 4.92. The molecule has 6 heteroatoms. The van der Waals surface area contributed by atoms with Crippen LogP contribution in [0.2, 0.25) is 0 Å². The molecule has 0 spiro atoms. The van der Waals surface area contributed by atoms with Crippen LogP contribution in [0.5, 0.6) is 0 Å². The number of carbonyl (C=O) groups excluding carboxylic acids is 2. The number of rotatable bonds is 2. The van der Waals surface area contributed by atoms with Crippen molar-refractivity contribution in [3.8, 4) is 0 Å². The first kappa shape index (κ1) is 14.0. The molecule has 1 atom stereocenters. The quantitative estimate of drug-likeness (QED) is 0.901. The number of likely N-dealkylation sites (tertiary alicyclic amines) is 1. The lowest BCUT2D eigenvalue weighted by Crippen LogP contribution is -2.38. The molecule has 1 aliphatic heterocycles. The predicted molar refractivity (Wildman–Crippen MR) is 71.9 cm³/mol. The van der Waals surface area contributed by atoms with E-state index in [4.69, 9.17) is 5.73 Å². The summed E-state index contributed by atoms with van der Waals surface area (Å²) in [7, 11) is 0. The SMILES string of the molecule is CC1(C(N)=O)CCN(C(=O)c2cccc(F)c2Br)C1. The minimum atomic E-state index is -0.699. The number of amides is 2. The average Bonchev–Trinajstić information content (AvgIpc) is 2.76. The Labute approximate surface area is 118 Å². The molecule has 0 bridgehead atoms. The molecule has 102 valence electrons. The Balaban J connectivity index is 2.23. The van der Waals surface area contributed by atoms with E-state index < -0.39 is 17.1 Å². The minimum absolute atomic E-state index is 0.146. The van der Waals surface area contributed by atoms with Gasteiger partial charge in [-0.1, -0.05) is 6.07 Å². The standard InChI is InChI=1S/C13H14BrFN2O2/c1-13(12(16)19)5-6-17(7-13)11(18)8-3-2-4-9(15)10(8)14/h2-4H,5-7H2,1H3,(H2,16,19). The van der Waals surface area contributed by atoms with Crippen LogP contribution in [0.3, 0.4) is 0 Å². The van der Waals surface area contributed by atoms with Crippen molar-refractivity contribution in [2.45, 2.75) is 13.3 Å². The van der Waals surface area contributed by atoms with E-state index in [1.54, 1.807) is 13.0 Å². The number of nitrogens with zero attached hydrogens (tertiary/aromatic N) is 1. The van der Waals surface area contributed by atoms with Crippen molar-refractivity contribution in [2.24, 2.45) is 11.1 Å². The topological polar surface area (TPSA) is 63.4 Å². The summed E-state index contributed by atoms with van der Waals surface area (Å²) in [5.41, 5.74) is 4.90. The van der Waals surface area contributed by atoms with Gasteiger partial charge in [0.1, 0.15) is 5.82 Å². The molecule has 1 fully saturated rings. The van der Waals surface area contributed by atoms with Crippen LogP contribution in [0.25, 0.3) is 0 Å². The Morgan fingerprint density at radius 1 is 1.47 bits per heavy atom. The summed E-state index contributed by atoms with van der Waals surface area (Å²) in [6.07, 6.45) is 0.529. The van der Waals surface area contributed by atoms with Crippen molar-refractivity contribution < 1.29 is 14.0 Å². The van der Waals surface area contributed by atoms with Gasteiger partial charge in [-0.3, -0.25) is 9.59 Å². The van der Waals surface area contributed by atoms with Crippen molar-refractivity contribution in [3.63, 3.8) is 0 Å². The van der Waals surface area contributed by atoms with Gasteiger partial charge in [-0.2, -0.15) is 0 Å². The highest BCUT2D eigenvalue weighted by atomic mass is 79.9. The number of primary amides is 1. The maximum absolute atomic E-state index is 13.4. The van der Waals surface area contributed by atoms with Crippen molar-refractivity contribution >= 4 is 27.7 Å². The van der Waals surface area contributed by atoms with Crippen LogP contribution in [0.4, 0.5) is 4.39 Å². The summed E-state index contributed by atoms with van der Waals surface area (Å²) >= 11 is 3.07. The monoisotopic (exact) mass is 328 g/mol. The minimum Gasteiger partial charge on any atom is -0.369 e. The predicted octanol–water partition coefficient (Wildman–Crippen LogP) is 1.93. The Morgan fingerprint density at radius 2 is 2.16 bits per heavy atom. The van der Waals surface area contributed by atoms with E-state index in [1.807, 2.05) is 0 Å². The summed E-state index contributed by atoms with van der Waals surface area (Å²) < 4.78 is 13.6. The molecule has 1 saturated heterocycles. The molecule has 2 amide bonds. The van der Waals surface area contributed by atoms with E-state index >= 15 is 0 Å². The van der Waals surface area contributed by atoms with Gasteiger partial charge in [0.25, 0.3) is 5.91 Å². The van der Waals surface area contributed by atoms with E-state index in [9.17, 15) is 14.0 Å². The fraction of sp³-hybridized carbons (Fsp3) is 0.385. The molecule has 0 aliphatic carbocycles. The third kappa shape index (κ3) is 2.49. The molecule has 2 N–H and O–H groups in total. The zero-order valence-corrected chi connectivity index (χ0v) is 12.0. The molecule has 1 aromatic carbocycles. The van der Waals surface area contributed by atoms with Gasteiger partial charge < -0.3 is 10.6 Å².